The average Bonchev–Trinajstić information content (AvgIpc) is 2.82. The zero-order valence-corrected chi connectivity index (χ0v) is 10.3. The molecule has 1 aromatic carbocycles. The molecule has 0 saturated carbocycles. The molecule has 5 nitrogen and oxygen atoms in total. The SMILES string of the molecule is Cc1ncccc1-n1ccc2ccc([N+](=O)[O-])cc21. The maximum atomic E-state index is 10.9. The molecule has 2 aromatic heterocycles. The van der Waals surface area contributed by atoms with Gasteiger partial charge in [-0.3, -0.25) is 15.1 Å². The van der Waals surface area contributed by atoms with E-state index in [2.05, 4.69) is 4.98 Å². The van der Waals surface area contributed by atoms with Gasteiger partial charge < -0.3 is 4.57 Å². The molecular formula is C14H11N3O2. The summed E-state index contributed by atoms with van der Waals surface area (Å²) in [5, 5.41) is 11.8. The Hall–Kier alpha value is -2.69. The third-order valence-electron chi connectivity index (χ3n) is 3.13. The highest BCUT2D eigenvalue weighted by molar-refractivity contribution is 5.84. The summed E-state index contributed by atoms with van der Waals surface area (Å²) in [4.78, 5) is 14.7. The number of nitro benzene ring substituents is 1. The number of nitrogens with zero attached hydrogens (tertiary/aromatic N) is 3. The first-order chi connectivity index (χ1) is 9.16. The number of benzene rings is 1. The molecule has 2 heterocycles. The van der Waals surface area contributed by atoms with Gasteiger partial charge in [-0.05, 0) is 31.2 Å². The molecule has 3 aromatic rings. The second-order valence-corrected chi connectivity index (χ2v) is 4.29. The molecule has 0 atom stereocenters. The van der Waals surface area contributed by atoms with Crippen LogP contribution < -0.4 is 0 Å². The van der Waals surface area contributed by atoms with Gasteiger partial charge in [-0.25, -0.2) is 0 Å². The van der Waals surface area contributed by atoms with Crippen LogP contribution >= 0.6 is 0 Å². The highest BCUT2D eigenvalue weighted by Crippen LogP contribution is 2.25. The normalized spacial score (nSPS) is 10.8. The minimum atomic E-state index is -0.382. The standard InChI is InChI=1S/C14H11N3O2/c1-10-13(3-2-7-15-10)16-8-6-11-4-5-12(17(18)19)9-14(11)16/h2-9H,1H3. The van der Waals surface area contributed by atoms with Crippen LogP contribution in [0.5, 0.6) is 0 Å². The number of hydrogen-bond acceptors (Lipinski definition) is 3. The Morgan fingerprint density at radius 3 is 2.84 bits per heavy atom. The average molecular weight is 253 g/mol. The molecule has 0 aliphatic carbocycles. The second-order valence-electron chi connectivity index (χ2n) is 4.29. The zero-order valence-electron chi connectivity index (χ0n) is 10.3. The topological polar surface area (TPSA) is 61.0 Å². The van der Waals surface area contributed by atoms with E-state index >= 15 is 0 Å². The smallest absolute Gasteiger partial charge is 0.271 e. The van der Waals surface area contributed by atoms with Gasteiger partial charge in [0, 0.05) is 29.9 Å². The van der Waals surface area contributed by atoms with Crippen molar-refractivity contribution in [3.63, 3.8) is 0 Å². The van der Waals surface area contributed by atoms with Crippen LogP contribution in [0.1, 0.15) is 5.69 Å². The third-order valence-corrected chi connectivity index (χ3v) is 3.13. The number of pyridine rings is 1. The van der Waals surface area contributed by atoms with E-state index in [-0.39, 0.29) is 10.6 Å². The number of nitro groups is 1. The molecule has 0 radical (unpaired) electrons. The van der Waals surface area contributed by atoms with E-state index in [4.69, 9.17) is 0 Å². The molecule has 0 spiro atoms. The summed E-state index contributed by atoms with van der Waals surface area (Å²) in [6.45, 7) is 1.92. The van der Waals surface area contributed by atoms with Crippen LogP contribution in [0.25, 0.3) is 16.6 Å². The largest absolute Gasteiger partial charge is 0.315 e. The first-order valence-electron chi connectivity index (χ1n) is 5.84. The van der Waals surface area contributed by atoms with E-state index < -0.39 is 0 Å². The number of non-ortho nitro benzene ring substituents is 1. The van der Waals surface area contributed by atoms with Crippen LogP contribution in [0, 0.1) is 17.0 Å². The molecule has 5 heteroatoms. The number of aryl methyl sites for hydroxylation is 1. The Balaban J connectivity index is 2.27. The lowest BCUT2D eigenvalue weighted by Gasteiger charge is -2.07. The molecule has 0 aliphatic heterocycles. The minimum Gasteiger partial charge on any atom is -0.315 e. The highest BCUT2D eigenvalue weighted by Gasteiger charge is 2.11. The lowest BCUT2D eigenvalue weighted by Crippen LogP contribution is -1.97. The predicted octanol–water partition coefficient (Wildman–Crippen LogP) is 3.24. The summed E-state index contributed by atoms with van der Waals surface area (Å²) in [6.07, 6.45) is 3.63. The molecule has 0 saturated heterocycles. The fraction of sp³-hybridized carbons (Fsp3) is 0.0714. The second kappa shape index (κ2) is 4.20. The van der Waals surface area contributed by atoms with Crippen LogP contribution in [-0.2, 0) is 0 Å². The Morgan fingerprint density at radius 1 is 1.26 bits per heavy atom. The molecule has 0 fully saturated rings. The molecule has 19 heavy (non-hydrogen) atoms. The third kappa shape index (κ3) is 1.85. The van der Waals surface area contributed by atoms with Gasteiger partial charge in [0.25, 0.3) is 5.69 Å². The van der Waals surface area contributed by atoms with Gasteiger partial charge in [-0.2, -0.15) is 0 Å². The van der Waals surface area contributed by atoms with Gasteiger partial charge in [-0.1, -0.05) is 0 Å². The predicted molar refractivity (Wildman–Crippen MR) is 72.5 cm³/mol. The lowest BCUT2D eigenvalue weighted by atomic mass is 10.2. The molecular weight excluding hydrogens is 242 g/mol. The molecule has 0 amide bonds. The Labute approximate surface area is 109 Å². The molecule has 0 N–H and O–H groups in total. The summed E-state index contributed by atoms with van der Waals surface area (Å²) in [5.74, 6) is 0. The van der Waals surface area contributed by atoms with Gasteiger partial charge in [0.15, 0.2) is 0 Å². The quantitative estimate of drug-likeness (QED) is 0.520. The fourth-order valence-electron chi connectivity index (χ4n) is 2.17. The van der Waals surface area contributed by atoms with Crippen molar-refractivity contribution < 1.29 is 4.92 Å². The zero-order chi connectivity index (χ0) is 13.4. The number of aromatic nitrogens is 2. The number of hydrogen-bond donors (Lipinski definition) is 0. The lowest BCUT2D eigenvalue weighted by molar-refractivity contribution is -0.384. The van der Waals surface area contributed by atoms with Crippen LogP contribution in [0.3, 0.4) is 0 Å². The van der Waals surface area contributed by atoms with Crippen LogP contribution in [0.15, 0.2) is 48.8 Å². The Kier molecular flexibility index (Phi) is 2.52. The van der Waals surface area contributed by atoms with E-state index in [0.717, 1.165) is 22.3 Å². The van der Waals surface area contributed by atoms with Crippen LogP contribution in [0.4, 0.5) is 5.69 Å². The molecule has 0 aliphatic rings. The van der Waals surface area contributed by atoms with E-state index in [1.807, 2.05) is 35.9 Å². The van der Waals surface area contributed by atoms with Crippen LogP contribution in [0.2, 0.25) is 0 Å². The van der Waals surface area contributed by atoms with Gasteiger partial charge in [0.05, 0.1) is 21.8 Å². The first-order valence-corrected chi connectivity index (χ1v) is 5.84. The maximum absolute atomic E-state index is 10.9. The Bertz CT molecular complexity index is 777. The summed E-state index contributed by atoms with van der Waals surface area (Å²) < 4.78 is 1.92. The molecule has 94 valence electrons. The van der Waals surface area contributed by atoms with Crippen molar-refractivity contribution in [3.05, 3.63) is 64.6 Å². The fourth-order valence-corrected chi connectivity index (χ4v) is 2.17. The highest BCUT2D eigenvalue weighted by atomic mass is 16.6. The van der Waals surface area contributed by atoms with E-state index in [1.165, 1.54) is 6.07 Å². The van der Waals surface area contributed by atoms with Gasteiger partial charge >= 0.3 is 0 Å². The molecule has 3 rings (SSSR count). The van der Waals surface area contributed by atoms with Crippen LogP contribution in [-0.4, -0.2) is 14.5 Å². The van der Waals surface area contributed by atoms with E-state index in [9.17, 15) is 10.1 Å². The van der Waals surface area contributed by atoms with Crippen molar-refractivity contribution in [1.82, 2.24) is 9.55 Å². The maximum Gasteiger partial charge on any atom is 0.271 e. The summed E-state index contributed by atoms with van der Waals surface area (Å²) in [5.41, 5.74) is 2.71. The minimum absolute atomic E-state index is 0.0917. The number of rotatable bonds is 2. The Morgan fingerprint density at radius 2 is 2.11 bits per heavy atom. The molecule has 0 unspecified atom stereocenters. The van der Waals surface area contributed by atoms with Crippen molar-refractivity contribution in [2.45, 2.75) is 6.92 Å². The monoisotopic (exact) mass is 253 g/mol. The van der Waals surface area contributed by atoms with Gasteiger partial charge in [-0.15, -0.1) is 0 Å². The van der Waals surface area contributed by atoms with Gasteiger partial charge in [0.1, 0.15) is 0 Å². The van der Waals surface area contributed by atoms with Gasteiger partial charge in [0.2, 0.25) is 0 Å². The summed E-state index contributed by atoms with van der Waals surface area (Å²) >= 11 is 0. The van der Waals surface area contributed by atoms with E-state index in [1.54, 1.807) is 18.3 Å². The molecule has 0 bridgehead atoms. The van der Waals surface area contributed by atoms with E-state index in [0.29, 0.717) is 0 Å². The summed E-state index contributed by atoms with van der Waals surface area (Å²) in [7, 11) is 0. The van der Waals surface area contributed by atoms with Crippen molar-refractivity contribution in [2.75, 3.05) is 0 Å². The van der Waals surface area contributed by atoms with Crippen molar-refractivity contribution >= 4 is 16.6 Å². The van der Waals surface area contributed by atoms with Crippen molar-refractivity contribution in [3.8, 4) is 5.69 Å². The summed E-state index contributed by atoms with van der Waals surface area (Å²) in [6, 6.07) is 10.6. The van der Waals surface area contributed by atoms with Crippen molar-refractivity contribution in [1.29, 1.82) is 0 Å². The first kappa shape index (κ1) is 11.4. The van der Waals surface area contributed by atoms with Crippen molar-refractivity contribution in [2.24, 2.45) is 0 Å². The number of fused-ring (bicyclic) bond motifs is 1.